The van der Waals surface area contributed by atoms with Crippen molar-refractivity contribution < 1.29 is 29.3 Å². The molecule has 2 bridgehead atoms. The third-order valence-electron chi connectivity index (χ3n) is 11.6. The molecular formula is C45H49N5O7. The third kappa shape index (κ3) is 8.99. The summed E-state index contributed by atoms with van der Waals surface area (Å²) in [5.74, 6) is 1.41. The predicted octanol–water partition coefficient (Wildman–Crippen LogP) is 5.51. The zero-order valence-electron chi connectivity index (χ0n) is 31.8. The van der Waals surface area contributed by atoms with E-state index < -0.39 is 12.2 Å². The number of pyridine rings is 1. The summed E-state index contributed by atoms with van der Waals surface area (Å²) in [5.41, 5.74) is 4.04. The van der Waals surface area contributed by atoms with Gasteiger partial charge in [0, 0.05) is 62.2 Å². The average Bonchev–Trinajstić information content (AvgIpc) is 3.87. The number of amides is 2. The smallest absolute Gasteiger partial charge is 0.408 e. The number of H-pyrrole nitrogens is 1. The first kappa shape index (κ1) is 38.2. The normalized spacial score (nSPS) is 20.3. The molecule has 3 saturated heterocycles. The molecule has 12 nitrogen and oxygen atoms in total. The van der Waals surface area contributed by atoms with Gasteiger partial charge >= 0.3 is 6.09 Å². The lowest BCUT2D eigenvalue weighted by atomic mass is 9.97. The molecule has 2 amide bonds. The molecule has 0 aliphatic carbocycles. The fourth-order valence-electron chi connectivity index (χ4n) is 8.42. The van der Waals surface area contributed by atoms with Crippen molar-refractivity contribution in [3.8, 4) is 11.5 Å². The highest BCUT2D eigenvalue weighted by Gasteiger charge is 2.40. The quantitative estimate of drug-likeness (QED) is 0.104. The van der Waals surface area contributed by atoms with Crippen LogP contribution in [0.1, 0.15) is 64.0 Å². The van der Waals surface area contributed by atoms with Gasteiger partial charge in [0.25, 0.3) is 5.91 Å². The van der Waals surface area contributed by atoms with Crippen molar-refractivity contribution in [3.63, 3.8) is 0 Å². The minimum atomic E-state index is -0.861. The monoisotopic (exact) mass is 771 g/mol. The molecule has 0 radical (unpaired) electrons. The second-order valence-corrected chi connectivity index (χ2v) is 15.5. The van der Waals surface area contributed by atoms with Gasteiger partial charge in [-0.2, -0.15) is 0 Å². The first-order valence-corrected chi connectivity index (χ1v) is 19.9. The summed E-state index contributed by atoms with van der Waals surface area (Å²) >= 11 is 0. The summed E-state index contributed by atoms with van der Waals surface area (Å²) in [6.07, 6.45) is 1.42. The van der Waals surface area contributed by atoms with E-state index in [1.807, 2.05) is 83.8 Å². The first-order valence-electron chi connectivity index (χ1n) is 19.9. The number of benzene rings is 4. The van der Waals surface area contributed by atoms with Gasteiger partial charge in [0.15, 0.2) is 0 Å². The van der Waals surface area contributed by atoms with Crippen molar-refractivity contribution in [2.75, 3.05) is 45.9 Å². The van der Waals surface area contributed by atoms with Crippen molar-refractivity contribution in [3.05, 3.63) is 141 Å². The van der Waals surface area contributed by atoms with Crippen LogP contribution in [0.4, 0.5) is 4.79 Å². The Kier molecular flexibility index (Phi) is 11.5. The maximum atomic E-state index is 13.4. The van der Waals surface area contributed by atoms with E-state index in [1.165, 1.54) is 12.1 Å². The number of carbonyl (C=O) groups is 2. The first-order chi connectivity index (χ1) is 27.8. The number of aromatic amines is 1. The number of nitrogens with zero attached hydrogens (tertiary/aromatic N) is 2. The van der Waals surface area contributed by atoms with Gasteiger partial charge in [0.05, 0.1) is 24.3 Å². The number of hydrogen-bond acceptors (Lipinski definition) is 9. The Morgan fingerprint density at radius 2 is 1.65 bits per heavy atom. The van der Waals surface area contributed by atoms with Crippen LogP contribution in [0.25, 0.3) is 10.9 Å². The van der Waals surface area contributed by atoms with Crippen LogP contribution in [-0.2, 0) is 11.3 Å². The molecule has 5 atom stereocenters. The van der Waals surface area contributed by atoms with Gasteiger partial charge < -0.3 is 40.2 Å². The van der Waals surface area contributed by atoms with E-state index in [0.29, 0.717) is 60.1 Å². The Morgan fingerprint density at radius 1 is 0.860 bits per heavy atom. The Labute approximate surface area is 331 Å². The molecule has 8 rings (SSSR count). The Morgan fingerprint density at radius 3 is 2.40 bits per heavy atom. The van der Waals surface area contributed by atoms with Crippen LogP contribution in [0.5, 0.6) is 11.5 Å². The zero-order valence-corrected chi connectivity index (χ0v) is 31.8. The maximum Gasteiger partial charge on any atom is 0.408 e. The number of alkyl carbamates (subject to hydrolysis) is 1. The topological polar surface area (TPSA) is 156 Å². The number of likely N-dealkylation sites (tertiary alicyclic amines) is 1. The molecule has 5 N–H and O–H groups in total. The van der Waals surface area contributed by atoms with E-state index in [2.05, 4.69) is 20.5 Å². The number of aromatic hydroxyl groups is 1. The number of phenols is 1. The number of piperidine rings is 2. The van der Waals surface area contributed by atoms with E-state index in [0.717, 1.165) is 61.3 Å². The lowest BCUT2D eigenvalue weighted by Gasteiger charge is -2.32. The van der Waals surface area contributed by atoms with Crippen molar-refractivity contribution in [1.29, 1.82) is 0 Å². The molecule has 12 heteroatoms. The van der Waals surface area contributed by atoms with E-state index in [9.17, 15) is 24.6 Å². The van der Waals surface area contributed by atoms with Crippen molar-refractivity contribution in [2.24, 2.45) is 11.8 Å². The van der Waals surface area contributed by atoms with E-state index in [1.54, 1.807) is 12.1 Å². The van der Waals surface area contributed by atoms with Gasteiger partial charge in [0.2, 0.25) is 5.56 Å². The van der Waals surface area contributed by atoms with Gasteiger partial charge in [-0.1, -0.05) is 60.7 Å². The predicted molar refractivity (Wildman–Crippen MR) is 216 cm³/mol. The summed E-state index contributed by atoms with van der Waals surface area (Å²) in [7, 11) is 0. The van der Waals surface area contributed by atoms with Gasteiger partial charge in [-0.3, -0.25) is 14.5 Å². The molecule has 1 aromatic heterocycles. The summed E-state index contributed by atoms with van der Waals surface area (Å²) < 4.78 is 12.2. The molecule has 57 heavy (non-hydrogen) atoms. The van der Waals surface area contributed by atoms with Crippen LogP contribution in [0.15, 0.2) is 108 Å². The van der Waals surface area contributed by atoms with Crippen molar-refractivity contribution in [1.82, 2.24) is 25.4 Å². The lowest BCUT2D eigenvalue weighted by Crippen LogP contribution is -2.39. The Bertz CT molecular complexity index is 2240. The van der Waals surface area contributed by atoms with Gasteiger partial charge in [-0.25, -0.2) is 4.79 Å². The molecule has 0 saturated carbocycles. The van der Waals surface area contributed by atoms with E-state index in [4.69, 9.17) is 9.47 Å². The zero-order chi connectivity index (χ0) is 39.3. The standard InChI is InChI=1S/C45H49N5O7/c51-38-15-13-36(37-14-16-41(53)47-43(37)38)39(52)25-46-24-29-9-11-32(12-10-29)44(54)50-21-17-30(18-22-50)28-56-35-8-4-7-33(23-35)42(31-5-2-1-3-6-31)48-45(55)57-40-27-49-20-19-34(40)26-49/h1-16,23,30,34,39-40,42,46,51-52H,17-22,24-28H2,(H,47,53)(H,48,55)/t34?,39-,40-,42?/m0/s1. The second kappa shape index (κ2) is 17.2. The number of carbonyl (C=O) groups excluding carboxylic acids is 2. The molecule has 4 aromatic carbocycles. The Balaban J connectivity index is 0.799. The number of aromatic nitrogens is 1. The molecule has 3 aliphatic rings. The fourth-order valence-corrected chi connectivity index (χ4v) is 8.42. The summed E-state index contributed by atoms with van der Waals surface area (Å²) in [6.45, 7) is 5.48. The molecule has 3 unspecified atom stereocenters. The number of rotatable bonds is 13. The third-order valence-corrected chi connectivity index (χ3v) is 11.6. The van der Waals surface area contributed by atoms with Crippen LogP contribution in [0.3, 0.4) is 0 Å². The summed E-state index contributed by atoms with van der Waals surface area (Å²) in [6, 6.07) is 31.0. The maximum absolute atomic E-state index is 13.4. The number of aliphatic hydroxyl groups is 1. The number of hydrogen-bond donors (Lipinski definition) is 5. The van der Waals surface area contributed by atoms with Gasteiger partial charge in [0.1, 0.15) is 17.6 Å². The fraction of sp³-hybridized carbons (Fsp3) is 0.356. The number of ether oxygens (including phenoxy) is 2. The van der Waals surface area contributed by atoms with Crippen LogP contribution >= 0.6 is 0 Å². The minimum absolute atomic E-state index is 0.00479. The van der Waals surface area contributed by atoms with Crippen LogP contribution < -0.4 is 20.9 Å². The number of aliphatic hydroxyl groups excluding tert-OH is 1. The van der Waals surface area contributed by atoms with Gasteiger partial charge in [-0.05, 0) is 90.4 Å². The molecule has 0 spiro atoms. The largest absolute Gasteiger partial charge is 0.506 e. The van der Waals surface area contributed by atoms with Crippen LogP contribution in [0, 0.1) is 11.8 Å². The van der Waals surface area contributed by atoms with E-state index >= 15 is 0 Å². The Hall–Kier alpha value is -5.69. The van der Waals surface area contributed by atoms with Crippen molar-refractivity contribution >= 4 is 22.9 Å². The highest BCUT2D eigenvalue weighted by molar-refractivity contribution is 5.94. The molecule has 4 heterocycles. The average molecular weight is 772 g/mol. The summed E-state index contributed by atoms with van der Waals surface area (Å²) in [5, 5.41) is 28.0. The molecule has 296 valence electrons. The molecule has 3 fully saturated rings. The van der Waals surface area contributed by atoms with Gasteiger partial charge in [-0.15, -0.1) is 0 Å². The SMILES string of the molecule is O=C(NC(c1ccccc1)c1cccc(OCC2CCN(C(=O)c3ccc(CNC[C@H](O)c4ccc(O)c5[nH]c(=O)ccc45)cc3)CC2)c1)O[C@H]1CN2CCC1C2. The molecule has 3 aliphatic heterocycles. The molecule has 5 aromatic rings. The lowest BCUT2D eigenvalue weighted by molar-refractivity contribution is 0.0659. The number of phenolic OH excluding ortho intramolecular Hbond substituents is 1. The van der Waals surface area contributed by atoms with Crippen molar-refractivity contribution in [2.45, 2.75) is 44.1 Å². The second-order valence-electron chi connectivity index (χ2n) is 15.5. The number of fused-ring (bicyclic) bond motifs is 3. The van der Waals surface area contributed by atoms with Crippen LogP contribution in [-0.4, -0.2) is 89.0 Å². The minimum Gasteiger partial charge on any atom is -0.506 e. The van der Waals surface area contributed by atoms with Crippen LogP contribution in [0.2, 0.25) is 0 Å². The number of nitrogens with one attached hydrogen (secondary N) is 3. The summed E-state index contributed by atoms with van der Waals surface area (Å²) in [4.78, 5) is 45.1. The molecular weight excluding hydrogens is 723 g/mol. The highest BCUT2D eigenvalue weighted by Crippen LogP contribution is 2.32. The van der Waals surface area contributed by atoms with E-state index in [-0.39, 0.29) is 35.9 Å². The highest BCUT2D eigenvalue weighted by atomic mass is 16.6.